The van der Waals surface area contributed by atoms with Gasteiger partial charge in [-0.05, 0) is 80.8 Å². The zero-order valence-corrected chi connectivity index (χ0v) is 12.7. The van der Waals surface area contributed by atoms with Crippen LogP contribution in [0.3, 0.4) is 0 Å². The normalized spacial score (nSPS) is 42.1. The minimum Gasteiger partial charge on any atom is -0.389 e. The molecule has 0 aliphatic heterocycles. The molecule has 4 saturated carbocycles. The summed E-state index contributed by atoms with van der Waals surface area (Å²) < 4.78 is 0. The lowest BCUT2D eigenvalue weighted by atomic mass is 9.49. The van der Waals surface area contributed by atoms with Crippen molar-refractivity contribution >= 4 is 0 Å². The molecule has 0 amide bonds. The molecule has 4 aliphatic carbocycles. The third-order valence-corrected chi connectivity index (χ3v) is 6.53. The lowest BCUT2D eigenvalue weighted by Crippen LogP contribution is -2.58. The fraction of sp³-hybridized carbons (Fsp3) is 0.684. The molecule has 0 heterocycles. The maximum atomic E-state index is 11.5. The molecule has 0 spiro atoms. The lowest BCUT2D eigenvalue weighted by Gasteiger charge is -2.59. The lowest BCUT2D eigenvalue weighted by molar-refractivity contribution is -0.171. The SMILES string of the molecule is Cc1ccc(C)c(CC2(O)C3CC4CC(C3)CC2C4)c1. The molecule has 0 unspecified atom stereocenters. The van der Waals surface area contributed by atoms with E-state index in [4.69, 9.17) is 0 Å². The highest BCUT2D eigenvalue weighted by Crippen LogP contribution is 2.59. The van der Waals surface area contributed by atoms with Crippen molar-refractivity contribution in [3.8, 4) is 0 Å². The van der Waals surface area contributed by atoms with Gasteiger partial charge in [0.25, 0.3) is 0 Å². The minimum atomic E-state index is -0.411. The average Bonchev–Trinajstić information content (AvgIpc) is 2.40. The summed E-state index contributed by atoms with van der Waals surface area (Å²) >= 11 is 0. The van der Waals surface area contributed by atoms with Crippen LogP contribution in [-0.2, 0) is 6.42 Å². The molecule has 108 valence electrons. The highest BCUT2D eigenvalue weighted by atomic mass is 16.3. The highest BCUT2D eigenvalue weighted by Gasteiger charge is 2.56. The van der Waals surface area contributed by atoms with Gasteiger partial charge in [0.05, 0.1) is 5.60 Å². The molecule has 4 bridgehead atoms. The molecule has 1 N–H and O–H groups in total. The zero-order chi connectivity index (χ0) is 13.9. The van der Waals surface area contributed by atoms with Crippen molar-refractivity contribution in [2.24, 2.45) is 23.7 Å². The molecule has 4 aliphatic rings. The molecule has 4 fully saturated rings. The molecule has 1 heteroatoms. The average molecular weight is 270 g/mol. The van der Waals surface area contributed by atoms with Crippen LogP contribution in [-0.4, -0.2) is 10.7 Å². The largest absolute Gasteiger partial charge is 0.389 e. The van der Waals surface area contributed by atoms with Gasteiger partial charge in [-0.2, -0.15) is 0 Å². The Kier molecular flexibility index (Phi) is 2.79. The standard InChI is InChI=1S/C19H26O/c1-12-3-4-13(2)16(5-12)11-19(20)17-7-14-6-15(9-17)10-18(19)8-14/h3-5,14-15,17-18,20H,6-11H2,1-2H3. The minimum absolute atomic E-state index is 0.411. The van der Waals surface area contributed by atoms with E-state index in [9.17, 15) is 5.11 Å². The first-order chi connectivity index (χ1) is 9.54. The third-order valence-electron chi connectivity index (χ3n) is 6.53. The molecular weight excluding hydrogens is 244 g/mol. The van der Waals surface area contributed by atoms with Gasteiger partial charge in [0, 0.05) is 6.42 Å². The van der Waals surface area contributed by atoms with Crippen molar-refractivity contribution in [1.82, 2.24) is 0 Å². The van der Waals surface area contributed by atoms with Crippen LogP contribution in [0.25, 0.3) is 0 Å². The number of hydrogen-bond acceptors (Lipinski definition) is 1. The summed E-state index contributed by atoms with van der Waals surface area (Å²) in [5, 5.41) is 11.5. The van der Waals surface area contributed by atoms with Crippen LogP contribution in [0, 0.1) is 37.5 Å². The predicted molar refractivity (Wildman–Crippen MR) is 81.6 cm³/mol. The van der Waals surface area contributed by atoms with E-state index in [1.807, 2.05) is 0 Å². The van der Waals surface area contributed by atoms with E-state index in [-0.39, 0.29) is 0 Å². The molecule has 0 radical (unpaired) electrons. The Bertz CT molecular complexity index is 503. The molecule has 5 rings (SSSR count). The van der Waals surface area contributed by atoms with Gasteiger partial charge in [-0.25, -0.2) is 0 Å². The van der Waals surface area contributed by atoms with E-state index in [2.05, 4.69) is 32.0 Å². The maximum Gasteiger partial charge on any atom is 0.0744 e. The van der Waals surface area contributed by atoms with Gasteiger partial charge < -0.3 is 5.11 Å². The number of aryl methyl sites for hydroxylation is 2. The Hall–Kier alpha value is -0.820. The zero-order valence-electron chi connectivity index (χ0n) is 12.7. The fourth-order valence-corrected chi connectivity index (χ4v) is 5.58. The van der Waals surface area contributed by atoms with Crippen LogP contribution < -0.4 is 0 Å². The first-order valence-electron chi connectivity index (χ1n) is 8.33. The molecule has 0 aromatic heterocycles. The second kappa shape index (κ2) is 4.34. The smallest absolute Gasteiger partial charge is 0.0744 e. The van der Waals surface area contributed by atoms with Crippen LogP contribution in [0.1, 0.15) is 48.8 Å². The molecule has 20 heavy (non-hydrogen) atoms. The van der Waals surface area contributed by atoms with Crippen LogP contribution in [0.15, 0.2) is 18.2 Å². The molecule has 0 atom stereocenters. The monoisotopic (exact) mass is 270 g/mol. The van der Waals surface area contributed by atoms with E-state index in [1.54, 1.807) is 0 Å². The molecule has 0 saturated heterocycles. The van der Waals surface area contributed by atoms with Gasteiger partial charge in [-0.3, -0.25) is 0 Å². The first kappa shape index (κ1) is 12.9. The van der Waals surface area contributed by atoms with Crippen molar-refractivity contribution in [1.29, 1.82) is 0 Å². The Morgan fingerprint density at radius 3 is 2.20 bits per heavy atom. The molecule has 1 nitrogen and oxygen atoms in total. The van der Waals surface area contributed by atoms with Crippen LogP contribution >= 0.6 is 0 Å². The van der Waals surface area contributed by atoms with E-state index in [0.29, 0.717) is 11.8 Å². The van der Waals surface area contributed by atoms with Gasteiger partial charge in [0.15, 0.2) is 0 Å². The Labute approximate surface area is 122 Å². The summed E-state index contributed by atoms with van der Waals surface area (Å²) in [4.78, 5) is 0. The number of benzene rings is 1. The van der Waals surface area contributed by atoms with Crippen molar-refractivity contribution in [3.63, 3.8) is 0 Å². The summed E-state index contributed by atoms with van der Waals surface area (Å²) in [5.74, 6) is 2.99. The Morgan fingerprint density at radius 1 is 1.00 bits per heavy atom. The number of rotatable bonds is 2. The summed E-state index contributed by atoms with van der Waals surface area (Å²) in [6, 6.07) is 6.68. The summed E-state index contributed by atoms with van der Waals surface area (Å²) in [6.45, 7) is 4.35. The van der Waals surface area contributed by atoms with E-state index in [0.717, 1.165) is 18.3 Å². The van der Waals surface area contributed by atoms with Crippen LogP contribution in [0.4, 0.5) is 0 Å². The summed E-state index contributed by atoms with van der Waals surface area (Å²) in [5.41, 5.74) is 3.63. The van der Waals surface area contributed by atoms with Gasteiger partial charge in [-0.1, -0.05) is 23.8 Å². The highest BCUT2D eigenvalue weighted by molar-refractivity contribution is 5.32. The summed E-state index contributed by atoms with van der Waals surface area (Å²) in [6.07, 6.45) is 7.48. The van der Waals surface area contributed by atoms with Crippen molar-refractivity contribution in [3.05, 3.63) is 34.9 Å². The van der Waals surface area contributed by atoms with E-state index >= 15 is 0 Å². The molecular formula is C19H26O. The molecule has 1 aromatic carbocycles. The number of hydrogen-bond donors (Lipinski definition) is 1. The van der Waals surface area contributed by atoms with Gasteiger partial charge in [0.2, 0.25) is 0 Å². The molecule has 1 aromatic rings. The first-order valence-corrected chi connectivity index (χ1v) is 8.33. The van der Waals surface area contributed by atoms with Gasteiger partial charge in [-0.15, -0.1) is 0 Å². The second-order valence-corrected chi connectivity index (χ2v) is 7.90. The van der Waals surface area contributed by atoms with E-state index in [1.165, 1.54) is 48.8 Å². The fourth-order valence-electron chi connectivity index (χ4n) is 5.58. The van der Waals surface area contributed by atoms with Crippen molar-refractivity contribution < 1.29 is 5.11 Å². The quantitative estimate of drug-likeness (QED) is 0.860. The second-order valence-electron chi connectivity index (χ2n) is 7.90. The Balaban J connectivity index is 1.66. The predicted octanol–water partition coefficient (Wildman–Crippen LogP) is 4.03. The van der Waals surface area contributed by atoms with Gasteiger partial charge >= 0.3 is 0 Å². The van der Waals surface area contributed by atoms with Crippen LogP contribution in [0.2, 0.25) is 0 Å². The number of aliphatic hydroxyl groups is 1. The van der Waals surface area contributed by atoms with Crippen molar-refractivity contribution in [2.45, 2.75) is 58.0 Å². The summed E-state index contributed by atoms with van der Waals surface area (Å²) in [7, 11) is 0. The topological polar surface area (TPSA) is 20.2 Å². The van der Waals surface area contributed by atoms with E-state index < -0.39 is 5.60 Å². The third kappa shape index (κ3) is 1.86. The Morgan fingerprint density at radius 2 is 1.60 bits per heavy atom. The maximum absolute atomic E-state index is 11.5. The van der Waals surface area contributed by atoms with Gasteiger partial charge in [0.1, 0.15) is 0 Å². The van der Waals surface area contributed by atoms with Crippen LogP contribution in [0.5, 0.6) is 0 Å². The van der Waals surface area contributed by atoms with Crippen molar-refractivity contribution in [2.75, 3.05) is 0 Å².